The number of hydrogen-bond donors (Lipinski definition) is 0. The first kappa shape index (κ1) is 20.4. The number of aromatic nitrogens is 4. The summed E-state index contributed by atoms with van der Waals surface area (Å²) in [6, 6.07) is 6.09. The van der Waals surface area contributed by atoms with Crippen molar-refractivity contribution in [1.29, 1.82) is 0 Å². The van der Waals surface area contributed by atoms with E-state index in [0.29, 0.717) is 34.8 Å². The summed E-state index contributed by atoms with van der Waals surface area (Å²) in [4.78, 5) is 25.4. The molecular formula is C18H21N5O3S2. The monoisotopic (exact) mass is 419 g/mol. The molecule has 0 bridgehead atoms. The van der Waals surface area contributed by atoms with Gasteiger partial charge in [-0.15, -0.1) is 5.10 Å². The highest BCUT2D eigenvalue weighted by Crippen LogP contribution is 2.30. The van der Waals surface area contributed by atoms with Crippen molar-refractivity contribution >= 4 is 35.4 Å². The molecule has 0 saturated carbocycles. The molecule has 0 N–H and O–H groups in total. The lowest BCUT2D eigenvalue weighted by Gasteiger charge is -2.16. The van der Waals surface area contributed by atoms with Crippen LogP contribution in [-0.4, -0.2) is 61.6 Å². The van der Waals surface area contributed by atoms with Crippen molar-refractivity contribution in [3.8, 4) is 5.69 Å². The highest BCUT2D eigenvalue weighted by Gasteiger charge is 2.27. The van der Waals surface area contributed by atoms with Gasteiger partial charge < -0.3 is 9.64 Å². The summed E-state index contributed by atoms with van der Waals surface area (Å²) in [5, 5.41) is 13.3. The third-order valence-corrected chi connectivity index (χ3v) is 5.93. The lowest BCUT2D eigenvalue weighted by Crippen LogP contribution is -2.27. The molecular weight excluding hydrogens is 398 g/mol. The molecule has 1 aromatic heterocycles. The van der Waals surface area contributed by atoms with Crippen LogP contribution in [0.25, 0.3) is 5.69 Å². The van der Waals surface area contributed by atoms with Gasteiger partial charge in [0.1, 0.15) is 0 Å². The molecule has 2 heterocycles. The van der Waals surface area contributed by atoms with Crippen molar-refractivity contribution in [3.05, 3.63) is 40.4 Å². The van der Waals surface area contributed by atoms with Gasteiger partial charge in [0.25, 0.3) is 0 Å². The quantitative estimate of drug-likeness (QED) is 0.384. The van der Waals surface area contributed by atoms with E-state index >= 15 is 0 Å². The minimum Gasteiger partial charge on any atom is -0.463 e. The van der Waals surface area contributed by atoms with Gasteiger partial charge in [-0.05, 0) is 42.8 Å². The third kappa shape index (κ3) is 4.74. The van der Waals surface area contributed by atoms with Crippen LogP contribution in [0.1, 0.15) is 18.1 Å². The van der Waals surface area contributed by atoms with Crippen LogP contribution < -0.4 is 0 Å². The molecule has 1 aliphatic rings. The molecule has 3 rings (SSSR count). The molecule has 0 atom stereocenters. The maximum Gasteiger partial charge on any atom is 0.333 e. The summed E-state index contributed by atoms with van der Waals surface area (Å²) in [5.41, 5.74) is 3.18. The van der Waals surface area contributed by atoms with Gasteiger partial charge in [-0.2, -0.15) is 4.68 Å². The van der Waals surface area contributed by atoms with Crippen LogP contribution in [0.5, 0.6) is 0 Å². The van der Waals surface area contributed by atoms with Gasteiger partial charge in [-0.3, -0.25) is 4.79 Å². The molecule has 0 spiro atoms. The van der Waals surface area contributed by atoms with Crippen LogP contribution in [0.3, 0.4) is 0 Å². The number of rotatable bonds is 7. The lowest BCUT2D eigenvalue weighted by molar-refractivity contribution is -0.137. The predicted octanol–water partition coefficient (Wildman–Crippen LogP) is 2.35. The van der Waals surface area contributed by atoms with E-state index in [2.05, 4.69) is 21.6 Å². The lowest BCUT2D eigenvalue weighted by atomic mass is 10.1. The number of carbonyl (C=O) groups is 2. The van der Waals surface area contributed by atoms with Crippen LogP contribution in [0.15, 0.2) is 34.5 Å². The Hall–Kier alpha value is -2.33. The summed E-state index contributed by atoms with van der Waals surface area (Å²) in [6.45, 7) is 6.57. The van der Waals surface area contributed by atoms with Gasteiger partial charge >= 0.3 is 5.97 Å². The van der Waals surface area contributed by atoms with Gasteiger partial charge in [0.15, 0.2) is 0 Å². The molecule has 8 nitrogen and oxygen atoms in total. The van der Waals surface area contributed by atoms with Crippen molar-refractivity contribution in [1.82, 2.24) is 25.1 Å². The second-order valence-electron chi connectivity index (χ2n) is 6.08. The zero-order valence-electron chi connectivity index (χ0n) is 15.9. The number of tetrazole rings is 1. The van der Waals surface area contributed by atoms with E-state index in [1.165, 1.54) is 35.2 Å². The summed E-state index contributed by atoms with van der Waals surface area (Å²) < 4.78 is 6.64. The Morgan fingerprint density at radius 1 is 1.39 bits per heavy atom. The molecule has 0 unspecified atom stereocenters. The average molecular weight is 420 g/mol. The van der Waals surface area contributed by atoms with E-state index in [-0.39, 0.29) is 5.91 Å². The number of nitrogens with zero attached hydrogens (tertiary/aromatic N) is 5. The first-order chi connectivity index (χ1) is 13.5. The van der Waals surface area contributed by atoms with E-state index < -0.39 is 5.97 Å². The smallest absolute Gasteiger partial charge is 0.333 e. The van der Waals surface area contributed by atoms with Crippen LogP contribution in [-0.2, 0) is 14.3 Å². The second kappa shape index (κ2) is 9.24. The standard InChI is InChI=1S/C18H21N5O3S2/c1-4-26-17(25)10-16-22(15(24)11-28-16)7-8-27-18-19-20-21-23(18)14-6-5-12(2)9-13(14)3/h5-6,9-10H,4,7-8,11H2,1-3H3/b16-10-. The maximum atomic E-state index is 12.1. The van der Waals surface area contributed by atoms with Crippen molar-refractivity contribution < 1.29 is 14.3 Å². The SMILES string of the molecule is CCOC(=O)/C=C1\SCC(=O)N1CCSc1nnnn1-c1ccc(C)cc1C. The van der Waals surface area contributed by atoms with Crippen molar-refractivity contribution in [2.24, 2.45) is 0 Å². The zero-order chi connectivity index (χ0) is 20.1. The molecule has 148 valence electrons. The number of hydrogen-bond acceptors (Lipinski definition) is 8. The Kier molecular flexibility index (Phi) is 6.74. The van der Waals surface area contributed by atoms with Crippen LogP contribution >= 0.6 is 23.5 Å². The van der Waals surface area contributed by atoms with E-state index in [4.69, 9.17) is 4.74 Å². The average Bonchev–Trinajstić information content (AvgIpc) is 3.23. The second-order valence-corrected chi connectivity index (χ2v) is 8.14. The van der Waals surface area contributed by atoms with Gasteiger partial charge in [0.2, 0.25) is 11.1 Å². The molecule has 1 aliphatic heterocycles. The maximum absolute atomic E-state index is 12.1. The Labute approximate surface area is 171 Å². The minimum absolute atomic E-state index is 0.0184. The topological polar surface area (TPSA) is 90.2 Å². The number of benzene rings is 1. The third-order valence-electron chi connectivity index (χ3n) is 4.01. The number of ether oxygens (including phenoxy) is 1. The Morgan fingerprint density at radius 3 is 2.96 bits per heavy atom. The summed E-state index contributed by atoms with van der Waals surface area (Å²) >= 11 is 2.81. The highest BCUT2D eigenvalue weighted by molar-refractivity contribution is 8.04. The summed E-state index contributed by atoms with van der Waals surface area (Å²) in [5.74, 6) is 0.472. The number of esters is 1. The molecule has 0 aliphatic carbocycles. The van der Waals surface area contributed by atoms with Crippen molar-refractivity contribution in [2.75, 3.05) is 24.7 Å². The number of carbonyl (C=O) groups excluding carboxylic acids is 2. The molecule has 1 amide bonds. The van der Waals surface area contributed by atoms with E-state index in [1.54, 1.807) is 16.5 Å². The summed E-state index contributed by atoms with van der Waals surface area (Å²) in [7, 11) is 0. The number of amides is 1. The first-order valence-electron chi connectivity index (χ1n) is 8.80. The molecule has 1 aromatic carbocycles. The van der Waals surface area contributed by atoms with Gasteiger partial charge in [0, 0.05) is 12.3 Å². The molecule has 10 heteroatoms. The Morgan fingerprint density at radius 2 is 2.21 bits per heavy atom. The first-order valence-corrected chi connectivity index (χ1v) is 10.8. The van der Waals surface area contributed by atoms with Crippen molar-refractivity contribution in [3.63, 3.8) is 0 Å². The van der Waals surface area contributed by atoms with Crippen molar-refractivity contribution in [2.45, 2.75) is 25.9 Å². The summed E-state index contributed by atoms with van der Waals surface area (Å²) in [6.07, 6.45) is 1.38. The van der Waals surface area contributed by atoms with Gasteiger partial charge in [-0.25, -0.2) is 4.79 Å². The predicted molar refractivity (Wildman–Crippen MR) is 108 cm³/mol. The van der Waals surface area contributed by atoms with Crippen LogP contribution in [0.4, 0.5) is 0 Å². The van der Waals surface area contributed by atoms with Crippen LogP contribution in [0, 0.1) is 13.8 Å². The normalized spacial score (nSPS) is 15.5. The van der Waals surface area contributed by atoms with Crippen LogP contribution in [0.2, 0.25) is 0 Å². The zero-order valence-corrected chi connectivity index (χ0v) is 17.5. The Bertz CT molecular complexity index is 912. The molecule has 28 heavy (non-hydrogen) atoms. The van der Waals surface area contributed by atoms with Gasteiger partial charge in [-0.1, -0.05) is 41.2 Å². The fraction of sp³-hybridized carbons (Fsp3) is 0.389. The molecule has 0 radical (unpaired) electrons. The van der Waals surface area contributed by atoms with E-state index in [0.717, 1.165) is 11.3 Å². The fourth-order valence-electron chi connectivity index (χ4n) is 2.74. The minimum atomic E-state index is -0.434. The Balaban J connectivity index is 1.66. The largest absolute Gasteiger partial charge is 0.463 e. The molecule has 1 saturated heterocycles. The van der Waals surface area contributed by atoms with E-state index in [1.807, 2.05) is 26.0 Å². The number of aryl methyl sites for hydroxylation is 2. The van der Waals surface area contributed by atoms with E-state index in [9.17, 15) is 9.59 Å². The van der Waals surface area contributed by atoms with Gasteiger partial charge in [0.05, 0.1) is 29.2 Å². The molecule has 2 aromatic rings. The molecule has 1 fully saturated rings. The number of thioether (sulfide) groups is 2. The highest BCUT2D eigenvalue weighted by atomic mass is 32.2. The fourth-order valence-corrected chi connectivity index (χ4v) is 4.51.